The van der Waals surface area contributed by atoms with E-state index in [0.29, 0.717) is 0 Å². The van der Waals surface area contributed by atoms with Gasteiger partial charge in [-0.15, -0.1) is 11.3 Å². The van der Waals surface area contributed by atoms with Crippen molar-refractivity contribution < 1.29 is 0 Å². The first kappa shape index (κ1) is 10.3. The van der Waals surface area contributed by atoms with Crippen molar-refractivity contribution >= 4 is 27.3 Å². The van der Waals surface area contributed by atoms with Crippen LogP contribution in [0.4, 0.5) is 0 Å². The van der Waals surface area contributed by atoms with E-state index in [9.17, 15) is 0 Å². The van der Waals surface area contributed by atoms with Gasteiger partial charge < -0.3 is 5.73 Å². The zero-order valence-corrected chi connectivity index (χ0v) is 11.1. The molecule has 0 aliphatic heterocycles. The van der Waals surface area contributed by atoms with Gasteiger partial charge >= 0.3 is 0 Å². The van der Waals surface area contributed by atoms with Gasteiger partial charge in [0.05, 0.1) is 0 Å². The van der Waals surface area contributed by atoms with Gasteiger partial charge in [-0.1, -0.05) is 6.42 Å². The molecule has 3 atom stereocenters. The van der Waals surface area contributed by atoms with Gasteiger partial charge in [-0.3, -0.25) is 0 Å². The maximum atomic E-state index is 6.59. The predicted octanol–water partition coefficient (Wildman–Crippen LogP) is 3.57. The number of nitrogens with two attached hydrogens (primary N) is 1. The predicted molar refractivity (Wildman–Crippen MR) is 68.1 cm³/mol. The van der Waals surface area contributed by atoms with Crippen LogP contribution in [0.15, 0.2) is 15.9 Å². The van der Waals surface area contributed by atoms with Gasteiger partial charge in [0.15, 0.2) is 0 Å². The summed E-state index contributed by atoms with van der Waals surface area (Å²) >= 11 is 5.44. The Hall–Kier alpha value is 0.140. The molecule has 0 radical (unpaired) electrons. The number of thiophene rings is 1. The summed E-state index contributed by atoms with van der Waals surface area (Å²) in [6, 6.07) is 2.14. The minimum atomic E-state index is 0.107. The van der Waals surface area contributed by atoms with Crippen molar-refractivity contribution in [3.63, 3.8) is 0 Å². The SMILES string of the molecule is NC1(Cc2sccc2Br)CC2CCC1C2. The Kier molecular flexibility index (Phi) is 2.45. The summed E-state index contributed by atoms with van der Waals surface area (Å²) in [5.41, 5.74) is 6.70. The van der Waals surface area contributed by atoms with Crippen molar-refractivity contribution in [1.82, 2.24) is 0 Å². The van der Waals surface area contributed by atoms with E-state index in [4.69, 9.17) is 5.73 Å². The maximum Gasteiger partial charge on any atom is 0.0315 e. The highest BCUT2D eigenvalue weighted by Crippen LogP contribution is 2.51. The van der Waals surface area contributed by atoms with Crippen molar-refractivity contribution in [2.75, 3.05) is 0 Å². The molecular formula is C12H16BrNS. The third-order valence-corrected chi connectivity index (χ3v) is 6.13. The van der Waals surface area contributed by atoms with E-state index in [2.05, 4.69) is 27.4 Å². The Morgan fingerprint density at radius 2 is 2.40 bits per heavy atom. The molecule has 2 aliphatic rings. The Labute approximate surface area is 103 Å². The standard InChI is InChI=1S/C12H16BrNS/c13-10-3-4-15-11(10)7-12(14)6-8-1-2-9(12)5-8/h3-4,8-9H,1-2,5-7,14H2. The lowest BCUT2D eigenvalue weighted by Gasteiger charge is -2.33. The number of fused-ring (bicyclic) bond motifs is 2. The highest BCUT2D eigenvalue weighted by atomic mass is 79.9. The number of hydrogen-bond acceptors (Lipinski definition) is 2. The van der Waals surface area contributed by atoms with Crippen LogP contribution in [0.25, 0.3) is 0 Å². The second-order valence-electron chi connectivity index (χ2n) is 5.18. The zero-order chi connectivity index (χ0) is 10.5. The van der Waals surface area contributed by atoms with Gasteiger partial charge in [-0.25, -0.2) is 0 Å². The normalized spacial score (nSPS) is 38.8. The van der Waals surface area contributed by atoms with E-state index >= 15 is 0 Å². The van der Waals surface area contributed by atoms with Crippen LogP contribution in [0.2, 0.25) is 0 Å². The lowest BCUT2D eigenvalue weighted by molar-refractivity contribution is 0.270. The average molecular weight is 286 g/mol. The smallest absolute Gasteiger partial charge is 0.0315 e. The zero-order valence-electron chi connectivity index (χ0n) is 8.71. The van der Waals surface area contributed by atoms with Crippen LogP contribution >= 0.6 is 27.3 Å². The van der Waals surface area contributed by atoms with Gasteiger partial charge in [0, 0.05) is 21.3 Å². The van der Waals surface area contributed by atoms with Crippen molar-refractivity contribution in [2.45, 2.75) is 37.6 Å². The molecule has 2 bridgehead atoms. The fourth-order valence-electron chi connectivity index (χ4n) is 3.45. The first-order valence-corrected chi connectivity index (χ1v) is 7.35. The van der Waals surface area contributed by atoms with Crippen molar-refractivity contribution in [1.29, 1.82) is 0 Å². The summed E-state index contributed by atoms with van der Waals surface area (Å²) in [4.78, 5) is 1.44. The van der Waals surface area contributed by atoms with Gasteiger partial charge in [0.2, 0.25) is 0 Å². The van der Waals surface area contributed by atoms with Gasteiger partial charge in [-0.2, -0.15) is 0 Å². The van der Waals surface area contributed by atoms with Gasteiger partial charge in [0.25, 0.3) is 0 Å². The van der Waals surface area contributed by atoms with E-state index < -0.39 is 0 Å². The molecule has 82 valence electrons. The van der Waals surface area contributed by atoms with Crippen molar-refractivity contribution in [3.8, 4) is 0 Å². The summed E-state index contributed by atoms with van der Waals surface area (Å²) in [6.07, 6.45) is 6.51. The summed E-state index contributed by atoms with van der Waals surface area (Å²) in [6.45, 7) is 0. The van der Waals surface area contributed by atoms with E-state index in [0.717, 1.165) is 18.3 Å². The van der Waals surface area contributed by atoms with Crippen LogP contribution in [-0.2, 0) is 6.42 Å². The Morgan fingerprint density at radius 3 is 2.93 bits per heavy atom. The molecule has 0 amide bonds. The second kappa shape index (κ2) is 3.57. The highest BCUT2D eigenvalue weighted by Gasteiger charge is 2.48. The number of rotatable bonds is 2. The minimum absolute atomic E-state index is 0.107. The van der Waals surface area contributed by atoms with E-state index in [1.807, 2.05) is 11.3 Å². The van der Waals surface area contributed by atoms with Gasteiger partial charge in [-0.05, 0) is 58.5 Å². The highest BCUT2D eigenvalue weighted by molar-refractivity contribution is 9.10. The summed E-state index contributed by atoms with van der Waals surface area (Å²) in [5, 5.41) is 2.15. The van der Waals surface area contributed by atoms with E-state index in [-0.39, 0.29) is 5.54 Å². The molecular weight excluding hydrogens is 270 g/mol. The Balaban J connectivity index is 1.81. The molecule has 2 aliphatic carbocycles. The molecule has 15 heavy (non-hydrogen) atoms. The lowest BCUT2D eigenvalue weighted by atomic mass is 9.79. The molecule has 0 aromatic carbocycles. The summed E-state index contributed by atoms with van der Waals surface area (Å²) < 4.78 is 1.25. The van der Waals surface area contributed by atoms with E-state index in [1.165, 1.54) is 35.0 Å². The Bertz CT molecular complexity index is 375. The maximum absolute atomic E-state index is 6.59. The molecule has 1 aromatic heterocycles. The van der Waals surface area contributed by atoms with Gasteiger partial charge in [0.1, 0.15) is 0 Å². The van der Waals surface area contributed by atoms with Crippen LogP contribution in [0.5, 0.6) is 0 Å². The monoisotopic (exact) mass is 285 g/mol. The number of halogens is 1. The third-order valence-electron chi connectivity index (χ3n) is 4.20. The molecule has 3 unspecified atom stereocenters. The van der Waals surface area contributed by atoms with Crippen LogP contribution in [0.3, 0.4) is 0 Å². The molecule has 1 nitrogen and oxygen atoms in total. The first-order chi connectivity index (χ1) is 7.17. The van der Waals surface area contributed by atoms with Crippen LogP contribution in [0.1, 0.15) is 30.6 Å². The molecule has 1 aromatic rings. The second-order valence-corrected chi connectivity index (χ2v) is 7.04. The molecule has 3 rings (SSSR count). The molecule has 2 N–H and O–H groups in total. The van der Waals surface area contributed by atoms with Crippen molar-refractivity contribution in [2.24, 2.45) is 17.6 Å². The molecule has 2 saturated carbocycles. The Morgan fingerprint density at radius 1 is 1.53 bits per heavy atom. The fraction of sp³-hybridized carbons (Fsp3) is 0.667. The molecule has 2 fully saturated rings. The molecule has 3 heteroatoms. The van der Waals surface area contributed by atoms with Crippen LogP contribution in [0, 0.1) is 11.8 Å². The largest absolute Gasteiger partial charge is 0.325 e. The summed E-state index contributed by atoms with van der Waals surface area (Å²) in [7, 11) is 0. The minimum Gasteiger partial charge on any atom is -0.325 e. The van der Waals surface area contributed by atoms with Crippen molar-refractivity contribution in [3.05, 3.63) is 20.8 Å². The third kappa shape index (κ3) is 1.69. The lowest BCUT2D eigenvalue weighted by Crippen LogP contribution is -2.46. The van der Waals surface area contributed by atoms with Crippen LogP contribution < -0.4 is 5.73 Å². The summed E-state index contributed by atoms with van der Waals surface area (Å²) in [5.74, 6) is 1.72. The quantitative estimate of drug-likeness (QED) is 0.883. The fourth-order valence-corrected chi connectivity index (χ4v) is 5.08. The van der Waals surface area contributed by atoms with Crippen LogP contribution in [-0.4, -0.2) is 5.54 Å². The molecule has 1 heterocycles. The first-order valence-electron chi connectivity index (χ1n) is 5.68. The topological polar surface area (TPSA) is 26.0 Å². The molecule has 0 spiro atoms. The average Bonchev–Trinajstić information content (AvgIpc) is 2.83. The molecule has 0 saturated heterocycles. The van der Waals surface area contributed by atoms with E-state index in [1.54, 1.807) is 0 Å². The number of hydrogen-bond donors (Lipinski definition) is 1.